The number of hydrogen-bond acceptors (Lipinski definition) is 3. The van der Waals surface area contributed by atoms with Gasteiger partial charge in [-0.3, -0.25) is 0 Å². The van der Waals surface area contributed by atoms with Crippen LogP contribution in [0.3, 0.4) is 0 Å². The van der Waals surface area contributed by atoms with E-state index in [4.69, 9.17) is 10.5 Å². The first kappa shape index (κ1) is 12.2. The highest BCUT2D eigenvalue weighted by Gasteiger charge is 2.20. The standard InChI is InChI=1S/C10H19NO2/c1-5-9(12)13-7-6-8(2)10(3,4)11/h5,8H,1,6-7,11H2,2-4H3. The minimum Gasteiger partial charge on any atom is -0.463 e. The van der Waals surface area contributed by atoms with Gasteiger partial charge in [-0.25, -0.2) is 4.79 Å². The Kier molecular flexibility index (Phi) is 4.70. The summed E-state index contributed by atoms with van der Waals surface area (Å²) in [5.41, 5.74) is 5.65. The monoisotopic (exact) mass is 185 g/mol. The number of nitrogens with two attached hydrogens (primary N) is 1. The predicted molar refractivity (Wildman–Crippen MR) is 53.2 cm³/mol. The number of carbonyl (C=O) groups excluding carboxylic acids is 1. The van der Waals surface area contributed by atoms with E-state index < -0.39 is 0 Å². The molecule has 3 nitrogen and oxygen atoms in total. The van der Waals surface area contributed by atoms with Gasteiger partial charge in [0.1, 0.15) is 0 Å². The van der Waals surface area contributed by atoms with E-state index in [1.54, 1.807) is 0 Å². The molecule has 0 bridgehead atoms. The van der Waals surface area contributed by atoms with Crippen LogP contribution in [0.4, 0.5) is 0 Å². The topological polar surface area (TPSA) is 52.3 Å². The van der Waals surface area contributed by atoms with Crippen molar-refractivity contribution in [1.82, 2.24) is 0 Å². The van der Waals surface area contributed by atoms with Crippen LogP contribution in [0.1, 0.15) is 27.2 Å². The third kappa shape index (κ3) is 5.42. The number of ether oxygens (including phenoxy) is 1. The van der Waals surface area contributed by atoms with Gasteiger partial charge in [-0.05, 0) is 26.2 Å². The van der Waals surface area contributed by atoms with Crippen molar-refractivity contribution in [1.29, 1.82) is 0 Å². The second kappa shape index (κ2) is 5.02. The first-order valence-corrected chi connectivity index (χ1v) is 4.46. The highest BCUT2D eigenvalue weighted by atomic mass is 16.5. The van der Waals surface area contributed by atoms with E-state index in [-0.39, 0.29) is 11.5 Å². The van der Waals surface area contributed by atoms with Crippen molar-refractivity contribution >= 4 is 5.97 Å². The average Bonchev–Trinajstić information content (AvgIpc) is 2.02. The lowest BCUT2D eigenvalue weighted by molar-refractivity contribution is -0.138. The molecule has 2 N–H and O–H groups in total. The van der Waals surface area contributed by atoms with E-state index in [1.165, 1.54) is 0 Å². The Morgan fingerprint density at radius 1 is 1.69 bits per heavy atom. The molecule has 0 aromatic heterocycles. The minimum atomic E-state index is -0.373. The van der Waals surface area contributed by atoms with Gasteiger partial charge in [-0.15, -0.1) is 0 Å². The smallest absolute Gasteiger partial charge is 0.330 e. The van der Waals surface area contributed by atoms with Gasteiger partial charge in [0.25, 0.3) is 0 Å². The summed E-state index contributed by atoms with van der Waals surface area (Å²) in [6, 6.07) is 0. The molecule has 0 saturated heterocycles. The van der Waals surface area contributed by atoms with E-state index in [2.05, 4.69) is 6.58 Å². The summed E-state index contributed by atoms with van der Waals surface area (Å²) in [7, 11) is 0. The Bertz CT molecular complexity index is 182. The molecule has 76 valence electrons. The van der Waals surface area contributed by atoms with Crippen molar-refractivity contribution in [3.63, 3.8) is 0 Å². The summed E-state index contributed by atoms with van der Waals surface area (Å²) in [6.45, 7) is 9.69. The van der Waals surface area contributed by atoms with Gasteiger partial charge in [0.15, 0.2) is 0 Å². The first-order valence-electron chi connectivity index (χ1n) is 4.46. The van der Waals surface area contributed by atoms with Crippen LogP contribution < -0.4 is 5.73 Å². The van der Waals surface area contributed by atoms with Crippen LogP contribution in [0.5, 0.6) is 0 Å². The molecule has 3 heteroatoms. The van der Waals surface area contributed by atoms with Gasteiger partial charge in [-0.2, -0.15) is 0 Å². The number of carbonyl (C=O) groups is 1. The fourth-order valence-corrected chi connectivity index (χ4v) is 0.767. The molecule has 13 heavy (non-hydrogen) atoms. The molecule has 1 atom stereocenters. The Labute approximate surface area is 79.9 Å². The molecule has 0 aliphatic rings. The lowest BCUT2D eigenvalue weighted by Crippen LogP contribution is -2.39. The summed E-state index contributed by atoms with van der Waals surface area (Å²) in [5.74, 6) is -0.0489. The molecular weight excluding hydrogens is 166 g/mol. The van der Waals surface area contributed by atoms with Crippen molar-refractivity contribution < 1.29 is 9.53 Å². The summed E-state index contributed by atoms with van der Waals surface area (Å²) in [6.07, 6.45) is 1.95. The quantitative estimate of drug-likeness (QED) is 0.521. The zero-order chi connectivity index (χ0) is 10.5. The summed E-state index contributed by atoms with van der Waals surface area (Å²) < 4.78 is 4.84. The summed E-state index contributed by atoms with van der Waals surface area (Å²) >= 11 is 0. The summed E-state index contributed by atoms with van der Waals surface area (Å²) in [4.78, 5) is 10.7. The molecule has 0 heterocycles. The van der Waals surface area contributed by atoms with E-state index in [0.717, 1.165) is 12.5 Å². The SMILES string of the molecule is C=CC(=O)OCCC(C)C(C)(C)N. The lowest BCUT2D eigenvalue weighted by Gasteiger charge is -2.26. The molecule has 0 aliphatic heterocycles. The molecule has 0 amide bonds. The Balaban J connectivity index is 3.65. The minimum absolute atomic E-state index is 0.222. The molecule has 0 radical (unpaired) electrons. The van der Waals surface area contributed by atoms with Gasteiger partial charge in [0, 0.05) is 11.6 Å². The van der Waals surface area contributed by atoms with Crippen molar-refractivity contribution in [3.05, 3.63) is 12.7 Å². The molecule has 0 spiro atoms. The number of rotatable bonds is 5. The van der Waals surface area contributed by atoms with E-state index >= 15 is 0 Å². The first-order chi connectivity index (χ1) is 5.88. The second-order valence-electron chi connectivity index (χ2n) is 3.88. The van der Waals surface area contributed by atoms with Gasteiger partial charge in [-0.1, -0.05) is 13.5 Å². The van der Waals surface area contributed by atoms with Crippen molar-refractivity contribution in [3.8, 4) is 0 Å². The Morgan fingerprint density at radius 3 is 2.62 bits per heavy atom. The molecule has 0 aliphatic carbocycles. The van der Waals surface area contributed by atoms with Gasteiger partial charge in [0.05, 0.1) is 6.61 Å². The van der Waals surface area contributed by atoms with Crippen LogP contribution in [-0.2, 0) is 9.53 Å². The average molecular weight is 185 g/mol. The van der Waals surface area contributed by atoms with Crippen LogP contribution in [0.2, 0.25) is 0 Å². The molecule has 0 saturated carbocycles. The Morgan fingerprint density at radius 2 is 2.23 bits per heavy atom. The maximum absolute atomic E-state index is 10.7. The van der Waals surface area contributed by atoms with Crippen LogP contribution in [0, 0.1) is 5.92 Å². The predicted octanol–water partition coefficient (Wildman–Crippen LogP) is 1.48. The highest BCUT2D eigenvalue weighted by Crippen LogP contribution is 2.16. The normalized spacial score (nSPS) is 13.5. The van der Waals surface area contributed by atoms with Gasteiger partial charge >= 0.3 is 5.97 Å². The summed E-state index contributed by atoms with van der Waals surface area (Å²) in [5, 5.41) is 0. The Hall–Kier alpha value is -0.830. The molecule has 0 aromatic rings. The van der Waals surface area contributed by atoms with Crippen molar-refractivity contribution in [2.45, 2.75) is 32.7 Å². The molecule has 0 fully saturated rings. The van der Waals surface area contributed by atoms with E-state index in [0.29, 0.717) is 12.5 Å². The molecule has 0 aromatic carbocycles. The number of esters is 1. The third-order valence-electron chi connectivity index (χ3n) is 2.23. The van der Waals surface area contributed by atoms with Crippen LogP contribution in [-0.4, -0.2) is 18.1 Å². The van der Waals surface area contributed by atoms with Gasteiger partial charge < -0.3 is 10.5 Å². The lowest BCUT2D eigenvalue weighted by atomic mass is 9.88. The largest absolute Gasteiger partial charge is 0.463 e. The zero-order valence-corrected chi connectivity index (χ0v) is 8.67. The van der Waals surface area contributed by atoms with E-state index in [9.17, 15) is 4.79 Å². The van der Waals surface area contributed by atoms with Crippen LogP contribution in [0.25, 0.3) is 0 Å². The second-order valence-corrected chi connectivity index (χ2v) is 3.88. The van der Waals surface area contributed by atoms with Crippen LogP contribution >= 0.6 is 0 Å². The van der Waals surface area contributed by atoms with Gasteiger partial charge in [0.2, 0.25) is 0 Å². The number of hydrogen-bond donors (Lipinski definition) is 1. The fraction of sp³-hybridized carbons (Fsp3) is 0.700. The van der Waals surface area contributed by atoms with Crippen molar-refractivity contribution in [2.75, 3.05) is 6.61 Å². The molecule has 0 rings (SSSR count). The van der Waals surface area contributed by atoms with E-state index in [1.807, 2.05) is 20.8 Å². The zero-order valence-electron chi connectivity index (χ0n) is 8.67. The van der Waals surface area contributed by atoms with Crippen LogP contribution in [0.15, 0.2) is 12.7 Å². The van der Waals surface area contributed by atoms with Crippen molar-refractivity contribution in [2.24, 2.45) is 11.7 Å². The molecular formula is C10H19NO2. The maximum atomic E-state index is 10.7. The third-order valence-corrected chi connectivity index (χ3v) is 2.23. The highest BCUT2D eigenvalue weighted by molar-refractivity contribution is 5.81. The molecule has 1 unspecified atom stereocenters. The maximum Gasteiger partial charge on any atom is 0.330 e. The fourth-order valence-electron chi connectivity index (χ4n) is 0.767.